The van der Waals surface area contributed by atoms with Gasteiger partial charge in [0.15, 0.2) is 0 Å². The molecule has 1 aromatic carbocycles. The first-order valence-corrected chi connectivity index (χ1v) is 7.31. The minimum absolute atomic E-state index is 0.0589. The summed E-state index contributed by atoms with van der Waals surface area (Å²) in [7, 11) is 0. The molecule has 0 radical (unpaired) electrons. The van der Waals surface area contributed by atoms with E-state index < -0.39 is 0 Å². The maximum atomic E-state index is 12.4. The van der Waals surface area contributed by atoms with Crippen molar-refractivity contribution in [1.82, 2.24) is 0 Å². The highest BCUT2D eigenvalue weighted by Crippen LogP contribution is 2.31. The third-order valence-electron chi connectivity index (χ3n) is 3.41. The van der Waals surface area contributed by atoms with Gasteiger partial charge in [-0.25, -0.2) is 0 Å². The number of carbonyl (C=O) groups is 1. The van der Waals surface area contributed by atoms with E-state index >= 15 is 0 Å². The topological polar surface area (TPSA) is 20.3 Å². The Morgan fingerprint density at radius 2 is 2.21 bits per heavy atom. The molecule has 19 heavy (non-hydrogen) atoms. The predicted octanol–water partition coefficient (Wildman–Crippen LogP) is 3.74. The molecule has 0 aliphatic carbocycles. The van der Waals surface area contributed by atoms with Crippen LogP contribution >= 0.6 is 11.3 Å². The fourth-order valence-corrected chi connectivity index (χ4v) is 3.15. The molecule has 0 saturated heterocycles. The van der Waals surface area contributed by atoms with E-state index in [0.717, 1.165) is 17.7 Å². The van der Waals surface area contributed by atoms with Gasteiger partial charge in [0.2, 0.25) is 0 Å². The quantitative estimate of drug-likeness (QED) is 0.761. The summed E-state index contributed by atoms with van der Waals surface area (Å²) in [6, 6.07) is 10.4. The number of hydrogen-bond donors (Lipinski definition) is 0. The minimum atomic E-state index is 0.0589. The molecule has 1 amide bonds. The number of amides is 1. The van der Waals surface area contributed by atoms with E-state index in [9.17, 15) is 4.79 Å². The first-order chi connectivity index (χ1) is 9.25. The van der Waals surface area contributed by atoms with Crippen molar-refractivity contribution in [3.63, 3.8) is 0 Å². The number of thiophene rings is 1. The van der Waals surface area contributed by atoms with Crippen LogP contribution in [0.15, 0.2) is 47.2 Å². The molecule has 1 unspecified atom stereocenters. The maximum Gasteiger partial charge on any atom is 0.251 e. The van der Waals surface area contributed by atoms with E-state index in [1.807, 2.05) is 46.0 Å². The molecule has 96 valence electrons. The number of anilines is 1. The predicted molar refractivity (Wildman–Crippen MR) is 80.4 cm³/mol. The maximum absolute atomic E-state index is 12.4. The van der Waals surface area contributed by atoms with Crippen LogP contribution in [0.25, 0.3) is 6.08 Å². The van der Waals surface area contributed by atoms with Gasteiger partial charge in [0, 0.05) is 17.8 Å². The monoisotopic (exact) mass is 269 g/mol. The smallest absolute Gasteiger partial charge is 0.251 e. The molecule has 1 aromatic heterocycles. The lowest BCUT2D eigenvalue weighted by Gasteiger charge is -2.20. The highest BCUT2D eigenvalue weighted by molar-refractivity contribution is 7.08. The Hall–Kier alpha value is -1.87. The molecule has 2 aromatic rings. The highest BCUT2D eigenvalue weighted by atomic mass is 32.1. The van der Waals surface area contributed by atoms with Crippen LogP contribution in [0.2, 0.25) is 0 Å². The van der Waals surface area contributed by atoms with Crippen LogP contribution in [-0.4, -0.2) is 11.9 Å². The lowest BCUT2D eigenvalue weighted by atomic mass is 10.1. The number of para-hydroxylation sites is 1. The number of carbonyl (C=O) groups excluding carboxylic acids is 1. The van der Waals surface area contributed by atoms with Gasteiger partial charge in [0.05, 0.1) is 0 Å². The Bertz CT molecular complexity index is 615. The van der Waals surface area contributed by atoms with Gasteiger partial charge in [-0.2, -0.15) is 11.3 Å². The van der Waals surface area contributed by atoms with Gasteiger partial charge >= 0.3 is 0 Å². The Kier molecular flexibility index (Phi) is 3.22. The molecule has 0 saturated carbocycles. The van der Waals surface area contributed by atoms with Crippen molar-refractivity contribution in [2.45, 2.75) is 19.4 Å². The summed E-state index contributed by atoms with van der Waals surface area (Å²) in [6.45, 7) is 2.09. The number of rotatable bonds is 2. The molecule has 0 N–H and O–H groups in total. The summed E-state index contributed by atoms with van der Waals surface area (Å²) in [5.74, 6) is 0.0589. The average molecular weight is 269 g/mol. The van der Waals surface area contributed by atoms with Crippen molar-refractivity contribution >= 4 is 29.0 Å². The van der Waals surface area contributed by atoms with E-state index in [2.05, 4.69) is 13.0 Å². The zero-order chi connectivity index (χ0) is 13.2. The van der Waals surface area contributed by atoms with Gasteiger partial charge in [-0.3, -0.25) is 4.79 Å². The molecule has 1 aliphatic rings. The minimum Gasteiger partial charge on any atom is -0.305 e. The molecule has 0 spiro atoms. The van der Waals surface area contributed by atoms with E-state index in [1.165, 1.54) is 5.56 Å². The van der Waals surface area contributed by atoms with Crippen LogP contribution in [0, 0.1) is 0 Å². The van der Waals surface area contributed by atoms with Crippen molar-refractivity contribution < 1.29 is 4.79 Å². The third-order valence-corrected chi connectivity index (χ3v) is 4.11. The van der Waals surface area contributed by atoms with Crippen molar-refractivity contribution in [2.75, 3.05) is 4.90 Å². The molecule has 0 bridgehead atoms. The molecule has 1 aliphatic heterocycles. The fraction of sp³-hybridized carbons (Fsp3) is 0.188. The van der Waals surface area contributed by atoms with Gasteiger partial charge in [-0.15, -0.1) is 0 Å². The molecule has 0 fully saturated rings. The third kappa shape index (κ3) is 2.34. The summed E-state index contributed by atoms with van der Waals surface area (Å²) < 4.78 is 0. The molecule has 2 heterocycles. The van der Waals surface area contributed by atoms with Crippen molar-refractivity contribution in [3.05, 3.63) is 58.3 Å². The summed E-state index contributed by atoms with van der Waals surface area (Å²) in [4.78, 5) is 14.2. The summed E-state index contributed by atoms with van der Waals surface area (Å²) in [5, 5.41) is 4.04. The lowest BCUT2D eigenvalue weighted by Crippen LogP contribution is -2.34. The number of fused-ring (bicyclic) bond motifs is 1. The first kappa shape index (κ1) is 12.2. The van der Waals surface area contributed by atoms with Crippen LogP contribution in [0.3, 0.4) is 0 Å². The van der Waals surface area contributed by atoms with Crippen LogP contribution < -0.4 is 4.90 Å². The molecule has 2 nitrogen and oxygen atoms in total. The van der Waals surface area contributed by atoms with Crippen molar-refractivity contribution in [2.24, 2.45) is 0 Å². The molecular weight excluding hydrogens is 254 g/mol. The Morgan fingerprint density at radius 3 is 3.00 bits per heavy atom. The average Bonchev–Trinajstić information content (AvgIpc) is 3.02. The highest BCUT2D eigenvalue weighted by Gasteiger charge is 2.28. The number of hydrogen-bond acceptors (Lipinski definition) is 2. The summed E-state index contributed by atoms with van der Waals surface area (Å²) in [5.41, 5.74) is 3.39. The van der Waals surface area contributed by atoms with Crippen LogP contribution in [0.4, 0.5) is 5.69 Å². The molecule has 1 atom stereocenters. The van der Waals surface area contributed by atoms with Gasteiger partial charge in [-0.1, -0.05) is 18.2 Å². The van der Waals surface area contributed by atoms with Crippen molar-refractivity contribution in [3.8, 4) is 0 Å². The molecule has 3 rings (SSSR count). The lowest BCUT2D eigenvalue weighted by molar-refractivity contribution is -0.114. The van der Waals surface area contributed by atoms with Gasteiger partial charge in [0.25, 0.3) is 5.91 Å². The Morgan fingerprint density at radius 1 is 1.37 bits per heavy atom. The normalized spacial score (nSPS) is 17.9. The Balaban J connectivity index is 1.84. The standard InChI is InChI=1S/C16H15NOS/c1-12-10-14-4-2-3-5-15(14)17(12)16(18)7-6-13-8-9-19-11-13/h2-9,11-12H,10H2,1H3/b7-6+. The van der Waals surface area contributed by atoms with E-state index in [-0.39, 0.29) is 11.9 Å². The molecule has 3 heteroatoms. The fourth-order valence-electron chi connectivity index (χ4n) is 2.52. The second-order valence-corrected chi connectivity index (χ2v) is 5.56. The SMILES string of the molecule is CC1Cc2ccccc2N1C(=O)/C=C/c1ccsc1. The van der Waals surface area contributed by atoms with Gasteiger partial charge < -0.3 is 4.90 Å². The summed E-state index contributed by atoms with van der Waals surface area (Å²) in [6.07, 6.45) is 4.49. The Labute approximate surface area is 117 Å². The number of nitrogens with zero attached hydrogens (tertiary/aromatic N) is 1. The van der Waals surface area contributed by atoms with Crippen LogP contribution in [-0.2, 0) is 11.2 Å². The van der Waals surface area contributed by atoms with E-state index in [1.54, 1.807) is 17.4 Å². The van der Waals surface area contributed by atoms with Gasteiger partial charge in [-0.05, 0) is 53.4 Å². The molecular formula is C16H15NOS. The van der Waals surface area contributed by atoms with Crippen LogP contribution in [0.1, 0.15) is 18.1 Å². The van der Waals surface area contributed by atoms with Crippen LogP contribution in [0.5, 0.6) is 0 Å². The second kappa shape index (κ2) is 5.02. The van der Waals surface area contributed by atoms with Gasteiger partial charge in [0.1, 0.15) is 0 Å². The van der Waals surface area contributed by atoms with E-state index in [4.69, 9.17) is 0 Å². The van der Waals surface area contributed by atoms with E-state index in [0.29, 0.717) is 0 Å². The second-order valence-electron chi connectivity index (χ2n) is 4.78. The van der Waals surface area contributed by atoms with Crippen molar-refractivity contribution in [1.29, 1.82) is 0 Å². The largest absolute Gasteiger partial charge is 0.305 e. The summed E-state index contributed by atoms with van der Waals surface area (Å²) >= 11 is 1.64. The zero-order valence-electron chi connectivity index (χ0n) is 10.7. The number of benzene rings is 1. The zero-order valence-corrected chi connectivity index (χ0v) is 11.6. The first-order valence-electron chi connectivity index (χ1n) is 6.37.